The van der Waals surface area contributed by atoms with Crippen LogP contribution < -0.4 is 0 Å². The highest BCUT2D eigenvalue weighted by Crippen LogP contribution is 2.48. The van der Waals surface area contributed by atoms with E-state index in [2.05, 4.69) is 6.92 Å². The standard InChI is InChI=1S/C15H34NO5PSi/c1-7-10-12-16(13-11-15(17)21-23(4,5)6)14-22(18,19-8-2)20-9-3/h7-14H2,1-6H3. The van der Waals surface area contributed by atoms with Crippen molar-refractivity contribution in [3.8, 4) is 0 Å². The summed E-state index contributed by atoms with van der Waals surface area (Å²) in [4.78, 5) is 13.9. The lowest BCUT2D eigenvalue weighted by atomic mass is 10.3. The van der Waals surface area contributed by atoms with Gasteiger partial charge in [-0.3, -0.25) is 14.3 Å². The number of carbonyl (C=O) groups excluding carboxylic acids is 1. The molecule has 138 valence electrons. The Balaban J connectivity index is 4.67. The Morgan fingerprint density at radius 1 is 1.04 bits per heavy atom. The molecule has 0 unspecified atom stereocenters. The number of rotatable bonds is 13. The second-order valence-electron chi connectivity index (χ2n) is 6.40. The van der Waals surface area contributed by atoms with Crippen molar-refractivity contribution in [2.45, 2.75) is 59.7 Å². The summed E-state index contributed by atoms with van der Waals surface area (Å²) in [5, 5.41) is 0. The predicted molar refractivity (Wildman–Crippen MR) is 96.3 cm³/mol. The van der Waals surface area contributed by atoms with Gasteiger partial charge in [0, 0.05) is 6.54 Å². The van der Waals surface area contributed by atoms with Gasteiger partial charge in [-0.2, -0.15) is 0 Å². The Morgan fingerprint density at radius 2 is 1.61 bits per heavy atom. The minimum absolute atomic E-state index is 0.187. The predicted octanol–water partition coefficient (Wildman–Crippen LogP) is 4.08. The molecule has 0 heterocycles. The SMILES string of the molecule is CCCCN(CCC(=O)O[Si](C)(C)C)CP(=O)(OCC)OCC. The molecular formula is C15H34NO5PSi. The molecule has 0 aromatic carbocycles. The van der Waals surface area contributed by atoms with E-state index in [0.29, 0.717) is 26.2 Å². The van der Waals surface area contributed by atoms with E-state index in [9.17, 15) is 9.36 Å². The first-order valence-corrected chi connectivity index (χ1v) is 13.6. The molecular weight excluding hydrogens is 333 g/mol. The van der Waals surface area contributed by atoms with Crippen LogP contribution in [0.25, 0.3) is 0 Å². The van der Waals surface area contributed by atoms with Gasteiger partial charge in [-0.15, -0.1) is 0 Å². The second kappa shape index (κ2) is 11.4. The maximum Gasteiger partial charge on any atom is 0.344 e. The highest BCUT2D eigenvalue weighted by atomic mass is 31.2. The topological polar surface area (TPSA) is 65.1 Å². The molecule has 0 radical (unpaired) electrons. The van der Waals surface area contributed by atoms with Crippen LogP contribution in [0.3, 0.4) is 0 Å². The third-order valence-electron chi connectivity index (χ3n) is 2.90. The van der Waals surface area contributed by atoms with Crippen LogP contribution in [0, 0.1) is 0 Å². The summed E-state index contributed by atoms with van der Waals surface area (Å²) in [6, 6.07) is 0. The highest BCUT2D eigenvalue weighted by molar-refractivity contribution is 7.53. The zero-order valence-electron chi connectivity index (χ0n) is 15.6. The zero-order valence-corrected chi connectivity index (χ0v) is 17.5. The summed E-state index contributed by atoms with van der Waals surface area (Å²) < 4.78 is 28.8. The van der Waals surface area contributed by atoms with Crippen molar-refractivity contribution in [1.29, 1.82) is 0 Å². The molecule has 6 nitrogen and oxygen atoms in total. The third-order valence-corrected chi connectivity index (χ3v) is 5.79. The Hall–Kier alpha value is -0.203. The van der Waals surface area contributed by atoms with Crippen molar-refractivity contribution in [3.63, 3.8) is 0 Å². The summed E-state index contributed by atoms with van der Waals surface area (Å²) in [7, 11) is -5.00. The first kappa shape index (κ1) is 22.8. The summed E-state index contributed by atoms with van der Waals surface area (Å²) in [5.74, 6) is -0.187. The summed E-state index contributed by atoms with van der Waals surface area (Å²) >= 11 is 0. The Bertz CT molecular complexity index is 377. The molecule has 0 saturated heterocycles. The van der Waals surface area contributed by atoms with Crippen LogP contribution in [-0.4, -0.2) is 51.8 Å². The van der Waals surface area contributed by atoms with Gasteiger partial charge < -0.3 is 13.5 Å². The van der Waals surface area contributed by atoms with E-state index >= 15 is 0 Å². The van der Waals surface area contributed by atoms with E-state index in [1.165, 1.54) is 0 Å². The van der Waals surface area contributed by atoms with Gasteiger partial charge in [-0.1, -0.05) is 13.3 Å². The van der Waals surface area contributed by atoms with Gasteiger partial charge in [-0.05, 0) is 46.5 Å². The van der Waals surface area contributed by atoms with Gasteiger partial charge in [0.05, 0.1) is 19.6 Å². The van der Waals surface area contributed by atoms with Crippen molar-refractivity contribution in [2.75, 3.05) is 32.6 Å². The van der Waals surface area contributed by atoms with Crippen molar-refractivity contribution >= 4 is 21.9 Å². The van der Waals surface area contributed by atoms with Crippen LogP contribution >= 0.6 is 7.60 Å². The lowest BCUT2D eigenvalue weighted by Crippen LogP contribution is -2.33. The number of carbonyl (C=O) groups is 1. The summed E-state index contributed by atoms with van der Waals surface area (Å²) in [6.45, 7) is 13.6. The average molecular weight is 367 g/mol. The molecule has 0 aromatic rings. The molecule has 0 saturated carbocycles. The summed E-state index contributed by atoms with van der Waals surface area (Å²) in [6.07, 6.45) is 2.52. The first-order chi connectivity index (χ1) is 10.7. The van der Waals surface area contributed by atoms with Crippen LogP contribution in [0.2, 0.25) is 19.6 Å². The minimum atomic E-state index is -3.13. The highest BCUT2D eigenvalue weighted by Gasteiger charge is 2.28. The van der Waals surface area contributed by atoms with Crippen molar-refractivity contribution < 1.29 is 22.8 Å². The lowest BCUT2D eigenvalue weighted by Gasteiger charge is -2.27. The van der Waals surface area contributed by atoms with Crippen LogP contribution in [0.4, 0.5) is 0 Å². The van der Waals surface area contributed by atoms with Crippen molar-refractivity contribution in [2.24, 2.45) is 0 Å². The zero-order chi connectivity index (χ0) is 17.9. The maximum atomic E-state index is 12.7. The second-order valence-corrected chi connectivity index (χ2v) is 12.8. The number of nitrogens with zero attached hydrogens (tertiary/aromatic N) is 1. The molecule has 0 aromatic heterocycles. The van der Waals surface area contributed by atoms with Gasteiger partial charge in [0.1, 0.15) is 6.29 Å². The average Bonchev–Trinajstić information content (AvgIpc) is 2.40. The molecule has 0 N–H and O–H groups in total. The quantitative estimate of drug-likeness (QED) is 0.361. The largest absolute Gasteiger partial charge is 0.520 e. The fourth-order valence-corrected chi connectivity index (χ4v) is 4.62. The monoisotopic (exact) mass is 367 g/mol. The van der Waals surface area contributed by atoms with Gasteiger partial charge >= 0.3 is 7.60 Å². The van der Waals surface area contributed by atoms with Crippen LogP contribution in [-0.2, 0) is 22.8 Å². The van der Waals surface area contributed by atoms with E-state index < -0.39 is 15.9 Å². The van der Waals surface area contributed by atoms with Gasteiger partial charge in [-0.25, -0.2) is 0 Å². The third kappa shape index (κ3) is 11.9. The van der Waals surface area contributed by atoms with Crippen LogP contribution in [0.5, 0.6) is 0 Å². The van der Waals surface area contributed by atoms with E-state index in [1.54, 1.807) is 13.8 Å². The Morgan fingerprint density at radius 3 is 2.04 bits per heavy atom. The first-order valence-electron chi connectivity index (χ1n) is 8.48. The van der Waals surface area contributed by atoms with Gasteiger partial charge in [0.2, 0.25) is 8.32 Å². The molecule has 0 aliphatic heterocycles. The molecule has 0 fully saturated rings. The van der Waals surface area contributed by atoms with E-state index in [1.807, 2.05) is 24.5 Å². The minimum Gasteiger partial charge on any atom is -0.520 e. The van der Waals surface area contributed by atoms with Gasteiger partial charge in [0.15, 0.2) is 0 Å². The molecule has 0 aliphatic rings. The van der Waals surface area contributed by atoms with Crippen LogP contribution in [0.1, 0.15) is 40.0 Å². The lowest BCUT2D eigenvalue weighted by molar-refractivity contribution is -0.135. The maximum absolute atomic E-state index is 12.7. The fourth-order valence-electron chi connectivity index (χ4n) is 2.03. The van der Waals surface area contributed by atoms with E-state index in [-0.39, 0.29) is 12.3 Å². The summed E-state index contributed by atoms with van der Waals surface area (Å²) in [5.41, 5.74) is 0. The van der Waals surface area contributed by atoms with Crippen LogP contribution in [0.15, 0.2) is 0 Å². The van der Waals surface area contributed by atoms with E-state index in [4.69, 9.17) is 13.5 Å². The normalized spacial score (nSPS) is 12.7. The molecule has 0 spiro atoms. The van der Waals surface area contributed by atoms with Crippen molar-refractivity contribution in [1.82, 2.24) is 4.90 Å². The molecule has 23 heavy (non-hydrogen) atoms. The number of hydrogen-bond donors (Lipinski definition) is 0. The molecule has 0 amide bonds. The number of unbranched alkanes of at least 4 members (excludes halogenated alkanes) is 1. The van der Waals surface area contributed by atoms with Gasteiger partial charge in [0.25, 0.3) is 5.97 Å². The smallest absolute Gasteiger partial charge is 0.344 e. The van der Waals surface area contributed by atoms with E-state index in [0.717, 1.165) is 19.4 Å². The molecule has 8 heteroatoms. The fraction of sp³-hybridized carbons (Fsp3) is 0.933. The molecule has 0 rings (SSSR count). The van der Waals surface area contributed by atoms with Crippen molar-refractivity contribution in [3.05, 3.63) is 0 Å². The molecule has 0 atom stereocenters. The molecule has 0 bridgehead atoms. The Labute approximate surface area is 142 Å². The molecule has 0 aliphatic carbocycles. The Kier molecular flexibility index (Phi) is 11.3. The number of hydrogen-bond acceptors (Lipinski definition) is 6.